The highest BCUT2D eigenvalue weighted by Gasteiger charge is 2.32. The van der Waals surface area contributed by atoms with Crippen LogP contribution in [0.4, 0.5) is 9.18 Å². The zero-order valence-corrected chi connectivity index (χ0v) is 17.3. The number of rotatable bonds is 3. The molecule has 8 heteroatoms. The maximum Gasteiger partial charge on any atom is 0.417 e. The van der Waals surface area contributed by atoms with Gasteiger partial charge in [0.1, 0.15) is 17.7 Å². The number of carbonyl (C=O) groups excluding carboxylic acids is 1. The van der Waals surface area contributed by atoms with Gasteiger partial charge in [-0.05, 0) is 48.9 Å². The fraction of sp³-hybridized carbons (Fsp3) is 0.208. The number of benzene rings is 2. The molecule has 0 N–H and O–H groups in total. The molecule has 0 unspecified atom stereocenters. The van der Waals surface area contributed by atoms with E-state index in [1.807, 2.05) is 37.3 Å². The molecule has 0 saturated heterocycles. The second-order valence-electron chi connectivity index (χ2n) is 8.10. The van der Waals surface area contributed by atoms with Crippen molar-refractivity contribution in [2.45, 2.75) is 26.0 Å². The number of halogens is 1. The van der Waals surface area contributed by atoms with Crippen molar-refractivity contribution >= 4 is 17.1 Å². The first-order valence-electron chi connectivity index (χ1n) is 10.4. The van der Waals surface area contributed by atoms with E-state index in [0.29, 0.717) is 24.4 Å². The molecule has 4 heterocycles. The van der Waals surface area contributed by atoms with Crippen LogP contribution in [-0.2, 0) is 13.0 Å². The minimum absolute atomic E-state index is 0.110. The number of aromatic nitrogens is 3. The lowest BCUT2D eigenvalue weighted by Gasteiger charge is -2.29. The molecule has 2 aromatic carbocycles. The maximum atomic E-state index is 13.3. The fourth-order valence-electron chi connectivity index (χ4n) is 4.33. The number of hydrogen-bond acceptors (Lipinski definition) is 5. The molecule has 2 aliphatic heterocycles. The molecule has 7 nitrogen and oxygen atoms in total. The summed E-state index contributed by atoms with van der Waals surface area (Å²) in [6.45, 7) is 2.71. The number of para-hydroxylation sites is 1. The summed E-state index contributed by atoms with van der Waals surface area (Å²) in [6.07, 6.45) is 0.197. The number of ether oxygens (including phenoxy) is 2. The van der Waals surface area contributed by atoms with Crippen molar-refractivity contribution in [2.24, 2.45) is 0 Å². The Morgan fingerprint density at radius 3 is 2.75 bits per heavy atom. The molecule has 1 atom stereocenters. The van der Waals surface area contributed by atoms with Gasteiger partial charge in [0.25, 0.3) is 0 Å². The van der Waals surface area contributed by atoms with Gasteiger partial charge in [-0.1, -0.05) is 18.2 Å². The van der Waals surface area contributed by atoms with Gasteiger partial charge in [-0.2, -0.15) is 10.1 Å². The van der Waals surface area contributed by atoms with Crippen LogP contribution in [0.2, 0.25) is 0 Å². The van der Waals surface area contributed by atoms with Gasteiger partial charge in [0.15, 0.2) is 5.65 Å². The van der Waals surface area contributed by atoms with E-state index in [9.17, 15) is 9.18 Å². The summed E-state index contributed by atoms with van der Waals surface area (Å²) >= 11 is 0. The van der Waals surface area contributed by atoms with Crippen LogP contribution in [-0.4, -0.2) is 38.4 Å². The topological polar surface area (TPSA) is 69.5 Å². The van der Waals surface area contributed by atoms with Crippen LogP contribution < -0.4 is 9.47 Å². The number of pyridine rings is 1. The molecule has 4 aromatic rings. The number of fused-ring (bicyclic) bond motifs is 3. The van der Waals surface area contributed by atoms with Gasteiger partial charge >= 0.3 is 6.09 Å². The van der Waals surface area contributed by atoms with E-state index >= 15 is 0 Å². The molecule has 2 aliphatic rings. The molecule has 0 fully saturated rings. The first-order chi connectivity index (χ1) is 15.5. The highest BCUT2D eigenvalue weighted by Crippen LogP contribution is 2.32. The largest absolute Gasteiger partial charge is 0.488 e. The van der Waals surface area contributed by atoms with Crippen molar-refractivity contribution in [1.82, 2.24) is 19.7 Å². The lowest BCUT2D eigenvalue weighted by atomic mass is 10.1. The summed E-state index contributed by atoms with van der Waals surface area (Å²) in [7, 11) is 0. The molecule has 6 rings (SSSR count). The SMILES string of the molecule is Cc1nn(-c2ccc(F)cc2)c2nc3c(cc12)CN(C[C@@H]1Cc2ccccc2O1)C(=O)O3. The summed E-state index contributed by atoms with van der Waals surface area (Å²) in [5.41, 5.74) is 3.99. The van der Waals surface area contributed by atoms with E-state index < -0.39 is 6.09 Å². The van der Waals surface area contributed by atoms with Gasteiger partial charge < -0.3 is 9.47 Å². The van der Waals surface area contributed by atoms with Gasteiger partial charge in [-0.3, -0.25) is 4.90 Å². The van der Waals surface area contributed by atoms with Crippen molar-refractivity contribution in [3.05, 3.63) is 77.2 Å². The number of carbonyl (C=O) groups is 1. The second-order valence-corrected chi connectivity index (χ2v) is 8.10. The van der Waals surface area contributed by atoms with Crippen LogP contribution in [0.1, 0.15) is 16.8 Å². The van der Waals surface area contributed by atoms with Crippen molar-refractivity contribution in [2.75, 3.05) is 6.54 Å². The number of amides is 1. The molecule has 0 aliphatic carbocycles. The van der Waals surface area contributed by atoms with Crippen LogP contribution in [0.5, 0.6) is 11.6 Å². The van der Waals surface area contributed by atoms with Crippen molar-refractivity contribution in [3.8, 4) is 17.3 Å². The first-order valence-corrected chi connectivity index (χ1v) is 10.4. The quantitative estimate of drug-likeness (QED) is 0.488. The van der Waals surface area contributed by atoms with Crippen molar-refractivity contribution < 1.29 is 18.7 Å². The Labute approximate surface area is 183 Å². The van der Waals surface area contributed by atoms with Crippen LogP contribution in [0.15, 0.2) is 54.6 Å². The molecule has 32 heavy (non-hydrogen) atoms. The molecular formula is C24H19FN4O3. The highest BCUT2D eigenvalue weighted by atomic mass is 19.1. The van der Waals surface area contributed by atoms with E-state index in [2.05, 4.69) is 10.1 Å². The monoisotopic (exact) mass is 430 g/mol. The molecule has 1 amide bonds. The Bertz CT molecular complexity index is 1340. The van der Waals surface area contributed by atoms with Gasteiger partial charge in [-0.15, -0.1) is 0 Å². The summed E-state index contributed by atoms with van der Waals surface area (Å²) in [4.78, 5) is 18.9. The molecular weight excluding hydrogens is 411 g/mol. The number of hydrogen-bond donors (Lipinski definition) is 0. The average molecular weight is 430 g/mol. The zero-order chi connectivity index (χ0) is 21.8. The summed E-state index contributed by atoms with van der Waals surface area (Å²) < 4.78 is 26.5. The minimum Gasteiger partial charge on any atom is -0.488 e. The first kappa shape index (κ1) is 18.8. The van der Waals surface area contributed by atoms with Gasteiger partial charge in [0.05, 0.1) is 24.5 Å². The van der Waals surface area contributed by atoms with Crippen LogP contribution >= 0.6 is 0 Å². The third-order valence-electron chi connectivity index (χ3n) is 5.89. The van der Waals surface area contributed by atoms with Gasteiger partial charge in [0, 0.05) is 17.4 Å². The molecule has 2 aromatic heterocycles. The lowest BCUT2D eigenvalue weighted by molar-refractivity contribution is 0.107. The van der Waals surface area contributed by atoms with E-state index in [4.69, 9.17) is 9.47 Å². The van der Waals surface area contributed by atoms with Crippen molar-refractivity contribution in [1.29, 1.82) is 0 Å². The number of nitrogens with zero attached hydrogens (tertiary/aromatic N) is 4. The lowest BCUT2D eigenvalue weighted by Crippen LogP contribution is -2.43. The molecule has 0 radical (unpaired) electrons. The maximum absolute atomic E-state index is 13.3. The van der Waals surface area contributed by atoms with E-state index in [0.717, 1.165) is 34.4 Å². The third-order valence-corrected chi connectivity index (χ3v) is 5.89. The van der Waals surface area contributed by atoms with E-state index in [-0.39, 0.29) is 17.8 Å². The van der Waals surface area contributed by atoms with E-state index in [1.165, 1.54) is 12.1 Å². The Balaban J connectivity index is 1.29. The predicted molar refractivity (Wildman–Crippen MR) is 115 cm³/mol. The molecule has 0 spiro atoms. The Kier molecular flexibility index (Phi) is 4.14. The predicted octanol–water partition coefficient (Wildman–Crippen LogP) is 4.19. The summed E-state index contributed by atoms with van der Waals surface area (Å²) in [5.74, 6) is 0.823. The Hall–Kier alpha value is -3.94. The van der Waals surface area contributed by atoms with Gasteiger partial charge in [0.2, 0.25) is 5.88 Å². The minimum atomic E-state index is -0.450. The van der Waals surface area contributed by atoms with Crippen LogP contribution in [0.3, 0.4) is 0 Å². The van der Waals surface area contributed by atoms with Crippen molar-refractivity contribution in [3.63, 3.8) is 0 Å². The standard InChI is InChI=1S/C24H19FN4O3/c1-14-20-11-16-12-28(13-19-10-15-4-2-3-5-21(15)31-19)24(30)32-23(16)26-22(20)29(27-14)18-8-6-17(25)7-9-18/h2-9,11,19H,10,12-13H2,1H3/t19-/m0/s1. The van der Waals surface area contributed by atoms with Crippen LogP contribution in [0.25, 0.3) is 16.7 Å². The molecule has 160 valence electrons. The third kappa shape index (κ3) is 3.07. The highest BCUT2D eigenvalue weighted by molar-refractivity contribution is 5.83. The average Bonchev–Trinajstić information content (AvgIpc) is 3.34. The van der Waals surface area contributed by atoms with Crippen LogP contribution in [0, 0.1) is 12.7 Å². The summed E-state index contributed by atoms with van der Waals surface area (Å²) in [5, 5.41) is 5.42. The van der Waals surface area contributed by atoms with E-state index in [1.54, 1.807) is 21.7 Å². The number of aryl methyl sites for hydroxylation is 1. The fourth-order valence-corrected chi connectivity index (χ4v) is 4.33. The summed E-state index contributed by atoms with van der Waals surface area (Å²) in [6, 6.07) is 15.9. The zero-order valence-electron chi connectivity index (χ0n) is 17.3. The smallest absolute Gasteiger partial charge is 0.417 e. The molecule has 0 saturated carbocycles. The second kappa shape index (κ2) is 7.05. The Morgan fingerprint density at radius 2 is 1.94 bits per heavy atom. The normalized spacial score (nSPS) is 17.1. The van der Waals surface area contributed by atoms with Gasteiger partial charge in [-0.25, -0.2) is 13.9 Å². The molecule has 0 bridgehead atoms. The Morgan fingerprint density at radius 1 is 1.12 bits per heavy atom.